The van der Waals surface area contributed by atoms with E-state index >= 15 is 0 Å². The van der Waals surface area contributed by atoms with Crippen molar-refractivity contribution < 1.29 is 14.1 Å². The molecule has 0 aliphatic carbocycles. The number of rotatable bonds is 7. The molecule has 0 fully saturated rings. The predicted molar refractivity (Wildman–Crippen MR) is 65.8 cm³/mol. The van der Waals surface area contributed by atoms with Gasteiger partial charge in [0.25, 0.3) is 5.69 Å². The lowest BCUT2D eigenvalue weighted by atomic mass is 10.2. The molecule has 0 amide bonds. The molecule has 0 aliphatic rings. The van der Waals surface area contributed by atoms with E-state index in [4.69, 9.17) is 4.74 Å². The van der Waals surface area contributed by atoms with E-state index < -0.39 is 10.7 Å². The Kier molecular flexibility index (Phi) is 5.67. The van der Waals surface area contributed by atoms with Gasteiger partial charge in [-0.1, -0.05) is 0 Å². The Bertz CT molecular complexity index is 412. The van der Waals surface area contributed by atoms with Gasteiger partial charge in [-0.3, -0.25) is 10.1 Å². The van der Waals surface area contributed by atoms with Crippen molar-refractivity contribution in [3.8, 4) is 0 Å². The first-order valence-electron chi connectivity index (χ1n) is 5.78. The zero-order valence-corrected chi connectivity index (χ0v) is 10.5. The van der Waals surface area contributed by atoms with Crippen LogP contribution >= 0.6 is 0 Å². The quantitative estimate of drug-likeness (QED) is 0.600. The molecule has 0 bridgehead atoms. The molecule has 6 heteroatoms. The Labute approximate surface area is 105 Å². The first kappa shape index (κ1) is 14.5. The first-order chi connectivity index (χ1) is 8.52. The lowest BCUT2D eigenvalue weighted by molar-refractivity contribution is -0.385. The Morgan fingerprint density at radius 3 is 2.83 bits per heavy atom. The smallest absolute Gasteiger partial charge is 0.272 e. The maximum Gasteiger partial charge on any atom is 0.272 e. The topological polar surface area (TPSA) is 64.4 Å². The van der Waals surface area contributed by atoms with Crippen molar-refractivity contribution in [3.05, 3.63) is 39.7 Å². The first-order valence-corrected chi connectivity index (χ1v) is 5.78. The zero-order chi connectivity index (χ0) is 13.5. The largest absolute Gasteiger partial charge is 0.380 e. The van der Waals surface area contributed by atoms with E-state index in [1.807, 2.05) is 13.8 Å². The second kappa shape index (κ2) is 7.03. The minimum absolute atomic E-state index is 0.104. The van der Waals surface area contributed by atoms with Crippen molar-refractivity contribution >= 4 is 5.69 Å². The summed E-state index contributed by atoms with van der Waals surface area (Å²) in [5.41, 5.74) is 0.314. The average Bonchev–Trinajstić information content (AvgIpc) is 2.33. The maximum atomic E-state index is 13.2. The molecule has 18 heavy (non-hydrogen) atoms. The molecule has 0 saturated heterocycles. The van der Waals surface area contributed by atoms with E-state index in [1.165, 1.54) is 12.1 Å². The number of benzene rings is 1. The molecule has 1 rings (SSSR count). The summed E-state index contributed by atoms with van der Waals surface area (Å²) >= 11 is 0. The summed E-state index contributed by atoms with van der Waals surface area (Å²) in [6, 6.07) is 3.66. The molecule has 100 valence electrons. The maximum absolute atomic E-state index is 13.2. The van der Waals surface area contributed by atoms with E-state index in [1.54, 1.807) is 0 Å². The SMILES string of the molecule is CCOCC(C)NCc1cc(F)cc([N+](=O)[O-])c1. The van der Waals surface area contributed by atoms with E-state index in [2.05, 4.69) is 5.32 Å². The van der Waals surface area contributed by atoms with Gasteiger partial charge in [-0.15, -0.1) is 0 Å². The molecule has 0 aliphatic heterocycles. The van der Waals surface area contributed by atoms with Crippen LogP contribution in [-0.4, -0.2) is 24.2 Å². The third-order valence-electron chi connectivity index (χ3n) is 2.38. The highest BCUT2D eigenvalue weighted by Gasteiger charge is 2.10. The van der Waals surface area contributed by atoms with Gasteiger partial charge < -0.3 is 10.1 Å². The lowest BCUT2D eigenvalue weighted by Gasteiger charge is -2.13. The highest BCUT2D eigenvalue weighted by molar-refractivity contribution is 5.35. The number of hydrogen-bond acceptors (Lipinski definition) is 4. The van der Waals surface area contributed by atoms with E-state index in [0.717, 1.165) is 6.07 Å². The highest BCUT2D eigenvalue weighted by atomic mass is 19.1. The molecule has 1 unspecified atom stereocenters. The van der Waals surface area contributed by atoms with Gasteiger partial charge in [0.1, 0.15) is 5.82 Å². The molecule has 1 atom stereocenters. The molecular formula is C12H17FN2O3. The summed E-state index contributed by atoms with van der Waals surface area (Å²) in [5, 5.41) is 13.7. The molecule has 0 spiro atoms. The molecular weight excluding hydrogens is 239 g/mol. The summed E-state index contributed by atoms with van der Waals surface area (Å²) in [4.78, 5) is 9.98. The van der Waals surface area contributed by atoms with E-state index in [-0.39, 0.29) is 11.7 Å². The van der Waals surface area contributed by atoms with Crippen LogP contribution < -0.4 is 5.32 Å². The van der Waals surface area contributed by atoms with Crippen molar-refractivity contribution in [1.29, 1.82) is 0 Å². The number of nitrogens with one attached hydrogen (secondary N) is 1. The summed E-state index contributed by atoms with van der Waals surface area (Å²) in [7, 11) is 0. The lowest BCUT2D eigenvalue weighted by Crippen LogP contribution is -2.30. The molecule has 1 aromatic rings. The van der Waals surface area contributed by atoms with E-state index in [0.29, 0.717) is 25.3 Å². The van der Waals surface area contributed by atoms with Crippen LogP contribution in [0.4, 0.5) is 10.1 Å². The highest BCUT2D eigenvalue weighted by Crippen LogP contribution is 2.16. The minimum Gasteiger partial charge on any atom is -0.380 e. The molecule has 0 aromatic heterocycles. The molecule has 1 aromatic carbocycles. The number of nitro benzene ring substituents is 1. The van der Waals surface area contributed by atoms with Crippen molar-refractivity contribution in [2.75, 3.05) is 13.2 Å². The van der Waals surface area contributed by atoms with Gasteiger partial charge in [-0.05, 0) is 25.5 Å². The summed E-state index contributed by atoms with van der Waals surface area (Å²) in [5.74, 6) is -0.599. The van der Waals surface area contributed by atoms with Gasteiger partial charge in [-0.25, -0.2) is 4.39 Å². The van der Waals surface area contributed by atoms with Crippen molar-refractivity contribution in [2.45, 2.75) is 26.4 Å². The Balaban J connectivity index is 2.59. The van der Waals surface area contributed by atoms with Crippen LogP contribution in [0.1, 0.15) is 19.4 Å². The van der Waals surface area contributed by atoms with Crippen molar-refractivity contribution in [2.24, 2.45) is 0 Å². The zero-order valence-electron chi connectivity index (χ0n) is 10.5. The van der Waals surface area contributed by atoms with Crippen LogP contribution in [0.25, 0.3) is 0 Å². The fourth-order valence-electron chi connectivity index (χ4n) is 1.49. The van der Waals surface area contributed by atoms with Gasteiger partial charge >= 0.3 is 0 Å². The number of non-ortho nitro benzene ring substituents is 1. The molecule has 0 heterocycles. The standard InChI is InChI=1S/C12H17FN2O3/c1-3-18-8-9(2)14-7-10-4-11(13)6-12(5-10)15(16)17/h4-6,9,14H,3,7-8H2,1-2H3. The second-order valence-electron chi connectivity index (χ2n) is 4.02. The Morgan fingerprint density at radius 2 is 2.22 bits per heavy atom. The minimum atomic E-state index is -0.601. The van der Waals surface area contributed by atoms with Crippen molar-refractivity contribution in [1.82, 2.24) is 5.32 Å². The molecule has 0 radical (unpaired) electrons. The van der Waals surface area contributed by atoms with Crippen LogP contribution in [0.15, 0.2) is 18.2 Å². The number of halogens is 1. The second-order valence-corrected chi connectivity index (χ2v) is 4.02. The average molecular weight is 256 g/mol. The monoisotopic (exact) mass is 256 g/mol. The van der Waals surface area contributed by atoms with Crippen LogP contribution in [0.3, 0.4) is 0 Å². The van der Waals surface area contributed by atoms with Gasteiger partial charge in [0.2, 0.25) is 0 Å². The number of nitrogens with zero attached hydrogens (tertiary/aromatic N) is 1. The summed E-state index contributed by atoms with van der Waals surface area (Å²) in [6.45, 7) is 5.39. The third kappa shape index (κ3) is 4.77. The fraction of sp³-hybridized carbons (Fsp3) is 0.500. The fourth-order valence-corrected chi connectivity index (χ4v) is 1.49. The van der Waals surface area contributed by atoms with Crippen LogP contribution in [0.2, 0.25) is 0 Å². The predicted octanol–water partition coefficient (Wildman–Crippen LogP) is 2.25. The summed E-state index contributed by atoms with van der Waals surface area (Å²) < 4.78 is 18.4. The number of nitro groups is 1. The van der Waals surface area contributed by atoms with Gasteiger partial charge in [0.15, 0.2) is 0 Å². The molecule has 5 nitrogen and oxygen atoms in total. The van der Waals surface area contributed by atoms with Gasteiger partial charge in [0.05, 0.1) is 17.6 Å². The third-order valence-corrected chi connectivity index (χ3v) is 2.38. The molecule has 1 N–H and O–H groups in total. The number of ether oxygens (including phenoxy) is 1. The van der Waals surface area contributed by atoms with Crippen molar-refractivity contribution in [3.63, 3.8) is 0 Å². The normalized spacial score (nSPS) is 12.4. The van der Waals surface area contributed by atoms with Gasteiger partial charge in [-0.2, -0.15) is 0 Å². The van der Waals surface area contributed by atoms with Gasteiger partial charge in [0, 0.05) is 25.3 Å². The number of hydrogen-bond donors (Lipinski definition) is 1. The molecule has 0 saturated carbocycles. The Morgan fingerprint density at radius 1 is 1.50 bits per heavy atom. The van der Waals surface area contributed by atoms with Crippen LogP contribution in [0, 0.1) is 15.9 Å². The van der Waals surface area contributed by atoms with E-state index in [9.17, 15) is 14.5 Å². The Hall–Kier alpha value is -1.53. The van der Waals surface area contributed by atoms with Crippen LogP contribution in [0.5, 0.6) is 0 Å². The summed E-state index contributed by atoms with van der Waals surface area (Å²) in [6.07, 6.45) is 0. The van der Waals surface area contributed by atoms with Crippen LogP contribution in [-0.2, 0) is 11.3 Å².